The van der Waals surface area contributed by atoms with Crippen molar-refractivity contribution in [3.63, 3.8) is 0 Å². The molecule has 0 saturated heterocycles. The topological polar surface area (TPSA) is 71.1 Å². The highest BCUT2D eigenvalue weighted by molar-refractivity contribution is 5.77. The first kappa shape index (κ1) is 25.1. The summed E-state index contributed by atoms with van der Waals surface area (Å²) in [5.41, 5.74) is 1.79. The lowest BCUT2D eigenvalue weighted by Gasteiger charge is -2.17. The van der Waals surface area contributed by atoms with Gasteiger partial charge in [-0.3, -0.25) is 9.59 Å². The minimum atomic E-state index is -0.574. The molecule has 0 spiro atoms. The largest absolute Gasteiger partial charge is 0.492 e. The molecule has 0 aliphatic carbocycles. The first-order chi connectivity index (χ1) is 16.5. The van der Waals surface area contributed by atoms with Crippen LogP contribution in [0.3, 0.4) is 0 Å². The molecule has 0 atom stereocenters. The molecule has 0 radical (unpaired) electrons. The Morgan fingerprint density at radius 3 is 1.74 bits per heavy atom. The summed E-state index contributed by atoms with van der Waals surface area (Å²) in [6, 6.07) is 11.3. The smallest absolute Gasteiger partial charge is 0.268 e. The van der Waals surface area contributed by atoms with Crippen LogP contribution in [0.5, 0.6) is 23.0 Å². The Balaban J connectivity index is 1.88. The van der Waals surface area contributed by atoms with Crippen LogP contribution in [-0.4, -0.2) is 26.9 Å². The normalized spacial score (nSPS) is 11.2. The number of hydrogen-bond acceptors (Lipinski definition) is 6. The van der Waals surface area contributed by atoms with Gasteiger partial charge >= 0.3 is 0 Å². The highest BCUT2D eigenvalue weighted by Gasteiger charge is 2.22. The molecule has 34 heavy (non-hydrogen) atoms. The quantitative estimate of drug-likeness (QED) is 0.246. The Bertz CT molecular complexity index is 1150. The van der Waals surface area contributed by atoms with Crippen molar-refractivity contribution in [2.45, 2.75) is 40.0 Å². The lowest BCUT2D eigenvalue weighted by molar-refractivity contribution is 0.243. The molecule has 3 aromatic rings. The highest BCUT2D eigenvalue weighted by Crippen LogP contribution is 2.40. The van der Waals surface area contributed by atoms with Gasteiger partial charge in [-0.2, -0.15) is 0 Å². The third kappa shape index (κ3) is 5.68. The molecule has 0 aliphatic heterocycles. The third-order valence-electron chi connectivity index (χ3n) is 5.16. The van der Waals surface area contributed by atoms with Crippen molar-refractivity contribution in [2.75, 3.05) is 26.9 Å². The van der Waals surface area contributed by atoms with Crippen LogP contribution in [0.2, 0.25) is 0 Å². The van der Waals surface area contributed by atoms with E-state index in [1.54, 1.807) is 0 Å². The average molecular weight is 465 g/mol. The number of hydrogen-bond donors (Lipinski definition) is 0. The molecule has 0 heterocycles. The van der Waals surface area contributed by atoms with E-state index >= 15 is 0 Å². The predicted octanol–water partition coefficient (Wildman–Crippen LogP) is 5.50. The van der Waals surface area contributed by atoms with Crippen LogP contribution in [0.15, 0.2) is 46.0 Å². The van der Waals surface area contributed by atoms with Crippen molar-refractivity contribution < 1.29 is 18.9 Å². The van der Waals surface area contributed by atoms with Gasteiger partial charge in [0.1, 0.15) is 0 Å². The standard InChI is InChI=1S/C28H32O6/c1-5-14-32-22-17-20(18-23(33-15-6-2)27(22)34-16-7-3)9-8-19-10-12-21(13-11-19)24-25(29)26(30)28(24)31-4/h8-13,17-18H,5-7,14-16H2,1-4H3/b9-8+. The zero-order valence-corrected chi connectivity index (χ0v) is 20.3. The molecule has 6 heteroatoms. The molecule has 0 amide bonds. The van der Waals surface area contributed by atoms with Crippen molar-refractivity contribution in [3.8, 4) is 34.1 Å². The molecule has 0 saturated carbocycles. The number of rotatable bonds is 13. The third-order valence-corrected chi connectivity index (χ3v) is 5.16. The van der Waals surface area contributed by atoms with E-state index in [9.17, 15) is 9.59 Å². The van der Waals surface area contributed by atoms with E-state index in [-0.39, 0.29) is 5.75 Å². The fraction of sp³-hybridized carbons (Fsp3) is 0.357. The van der Waals surface area contributed by atoms with Crippen LogP contribution in [-0.2, 0) is 0 Å². The van der Waals surface area contributed by atoms with Crippen LogP contribution < -0.4 is 29.8 Å². The van der Waals surface area contributed by atoms with Gasteiger partial charge in [0.05, 0.1) is 32.5 Å². The Labute approximate surface area is 200 Å². The molecule has 0 bridgehead atoms. The van der Waals surface area contributed by atoms with Gasteiger partial charge in [-0.1, -0.05) is 57.2 Å². The molecule has 0 N–H and O–H groups in total. The van der Waals surface area contributed by atoms with Crippen molar-refractivity contribution in [1.82, 2.24) is 0 Å². The van der Waals surface area contributed by atoms with Gasteiger partial charge in [-0.15, -0.1) is 0 Å². The van der Waals surface area contributed by atoms with Crippen molar-refractivity contribution in [2.24, 2.45) is 0 Å². The van der Waals surface area contributed by atoms with Crippen molar-refractivity contribution in [3.05, 3.63) is 68.0 Å². The van der Waals surface area contributed by atoms with Crippen molar-refractivity contribution in [1.29, 1.82) is 0 Å². The zero-order chi connectivity index (χ0) is 24.5. The second kappa shape index (κ2) is 12.1. The van der Waals surface area contributed by atoms with Gasteiger partial charge in [-0.05, 0) is 48.1 Å². The summed E-state index contributed by atoms with van der Waals surface area (Å²) >= 11 is 0. The summed E-state index contributed by atoms with van der Waals surface area (Å²) in [4.78, 5) is 23.5. The molecule has 180 valence electrons. The van der Waals surface area contributed by atoms with E-state index in [0.29, 0.717) is 48.2 Å². The fourth-order valence-electron chi connectivity index (χ4n) is 3.46. The first-order valence-electron chi connectivity index (χ1n) is 11.8. The molecule has 0 aromatic heterocycles. The summed E-state index contributed by atoms with van der Waals surface area (Å²) in [5.74, 6) is 2.11. The molecule has 0 fully saturated rings. The minimum absolute atomic E-state index is 0.123. The lowest BCUT2D eigenvalue weighted by atomic mass is 9.98. The van der Waals surface area contributed by atoms with E-state index in [0.717, 1.165) is 30.4 Å². The maximum atomic E-state index is 11.9. The van der Waals surface area contributed by atoms with Gasteiger partial charge < -0.3 is 18.9 Å². The van der Waals surface area contributed by atoms with Gasteiger partial charge in [-0.25, -0.2) is 0 Å². The van der Waals surface area contributed by atoms with Crippen LogP contribution in [0.25, 0.3) is 23.3 Å². The Morgan fingerprint density at radius 2 is 1.21 bits per heavy atom. The SMILES string of the molecule is CCCOc1cc(/C=C/c2ccc(-c3c(OC)c(=O)c3=O)cc2)cc(OCCC)c1OCCC. The minimum Gasteiger partial charge on any atom is -0.492 e. The van der Waals surface area contributed by atoms with Gasteiger partial charge in [0, 0.05) is 0 Å². The van der Waals surface area contributed by atoms with E-state index in [1.165, 1.54) is 7.11 Å². The monoisotopic (exact) mass is 464 g/mol. The van der Waals surface area contributed by atoms with E-state index < -0.39 is 10.9 Å². The predicted molar refractivity (Wildman–Crippen MR) is 136 cm³/mol. The highest BCUT2D eigenvalue weighted by atomic mass is 16.5. The lowest BCUT2D eigenvalue weighted by Crippen LogP contribution is -2.33. The summed E-state index contributed by atoms with van der Waals surface area (Å²) in [6.45, 7) is 7.95. The van der Waals surface area contributed by atoms with Gasteiger partial charge in [0.15, 0.2) is 17.2 Å². The van der Waals surface area contributed by atoms with Gasteiger partial charge in [0.2, 0.25) is 11.2 Å². The van der Waals surface area contributed by atoms with Crippen LogP contribution in [0.4, 0.5) is 0 Å². The van der Waals surface area contributed by atoms with Crippen molar-refractivity contribution >= 4 is 12.2 Å². The molecule has 0 aliphatic rings. The Hall–Kier alpha value is -3.54. The molecular weight excluding hydrogens is 432 g/mol. The van der Waals surface area contributed by atoms with Crippen LogP contribution in [0, 0.1) is 0 Å². The maximum Gasteiger partial charge on any atom is 0.268 e. The maximum absolute atomic E-state index is 11.9. The number of ether oxygens (including phenoxy) is 4. The zero-order valence-electron chi connectivity index (χ0n) is 20.3. The van der Waals surface area contributed by atoms with Crippen LogP contribution >= 0.6 is 0 Å². The van der Waals surface area contributed by atoms with Crippen LogP contribution in [0.1, 0.15) is 51.2 Å². The Kier molecular flexibility index (Phi) is 8.91. The Morgan fingerprint density at radius 1 is 0.676 bits per heavy atom. The molecule has 6 nitrogen and oxygen atoms in total. The summed E-state index contributed by atoms with van der Waals surface area (Å²) < 4.78 is 23.0. The van der Waals surface area contributed by atoms with Gasteiger partial charge in [0.25, 0.3) is 5.43 Å². The fourth-order valence-corrected chi connectivity index (χ4v) is 3.46. The van der Waals surface area contributed by atoms with E-state index in [2.05, 4.69) is 20.8 Å². The van der Waals surface area contributed by atoms with E-state index in [4.69, 9.17) is 18.9 Å². The average Bonchev–Trinajstić information content (AvgIpc) is 2.86. The second-order valence-corrected chi connectivity index (χ2v) is 7.91. The molecule has 3 rings (SSSR count). The number of benzene rings is 2. The molecular formula is C28H32O6. The first-order valence-corrected chi connectivity index (χ1v) is 11.8. The summed E-state index contributed by atoms with van der Waals surface area (Å²) in [7, 11) is 1.40. The number of methoxy groups -OCH3 is 1. The molecule has 0 unspecified atom stereocenters. The second-order valence-electron chi connectivity index (χ2n) is 7.91. The van der Waals surface area contributed by atoms with E-state index in [1.807, 2.05) is 48.6 Å². The molecule has 3 aromatic carbocycles. The summed E-state index contributed by atoms with van der Waals surface area (Å²) in [5, 5.41) is 0. The summed E-state index contributed by atoms with van der Waals surface area (Å²) in [6.07, 6.45) is 6.62.